The first-order valence-electron chi connectivity index (χ1n) is 9.68. The van der Waals surface area contributed by atoms with Crippen molar-refractivity contribution in [2.24, 2.45) is 5.10 Å². The fourth-order valence-corrected chi connectivity index (χ4v) is 3.84. The summed E-state index contributed by atoms with van der Waals surface area (Å²) in [4.78, 5) is 15.1. The zero-order chi connectivity index (χ0) is 21.1. The molecule has 0 saturated carbocycles. The summed E-state index contributed by atoms with van der Waals surface area (Å²) in [7, 11) is 0. The van der Waals surface area contributed by atoms with Gasteiger partial charge >= 0.3 is 0 Å². The van der Waals surface area contributed by atoms with E-state index in [-0.39, 0.29) is 12.1 Å². The Bertz CT molecular complexity index is 1050. The summed E-state index contributed by atoms with van der Waals surface area (Å²) in [6, 6.07) is 25.2. The SMILES string of the molecule is C/C(=N/N1C(=O)CN(Cc2ccccc2)[C@@H]1c1ccc(Cl)cc1)c1ccc(Cl)cc1. The van der Waals surface area contributed by atoms with Gasteiger partial charge in [0.05, 0.1) is 12.3 Å². The molecule has 0 unspecified atom stereocenters. The van der Waals surface area contributed by atoms with Crippen molar-refractivity contribution in [3.63, 3.8) is 0 Å². The average molecular weight is 438 g/mol. The van der Waals surface area contributed by atoms with Crippen LogP contribution in [0.2, 0.25) is 10.0 Å². The minimum absolute atomic E-state index is 0.0424. The molecule has 1 aliphatic rings. The lowest BCUT2D eigenvalue weighted by Crippen LogP contribution is -2.29. The van der Waals surface area contributed by atoms with Crippen molar-refractivity contribution in [1.82, 2.24) is 9.91 Å². The molecule has 4 rings (SSSR count). The zero-order valence-electron chi connectivity index (χ0n) is 16.5. The number of hydrogen-bond acceptors (Lipinski definition) is 3. The van der Waals surface area contributed by atoms with Crippen molar-refractivity contribution < 1.29 is 4.79 Å². The monoisotopic (exact) mass is 437 g/mol. The Morgan fingerprint density at radius 3 is 2.17 bits per heavy atom. The number of hydrogen-bond donors (Lipinski definition) is 0. The van der Waals surface area contributed by atoms with Crippen LogP contribution in [0.4, 0.5) is 0 Å². The molecule has 1 atom stereocenters. The second-order valence-corrected chi connectivity index (χ2v) is 8.12. The maximum absolute atomic E-state index is 13.0. The molecule has 1 heterocycles. The molecule has 0 radical (unpaired) electrons. The third kappa shape index (κ3) is 4.57. The summed E-state index contributed by atoms with van der Waals surface area (Å²) in [5, 5.41) is 7.61. The number of nitrogens with zero attached hydrogens (tertiary/aromatic N) is 3. The van der Waals surface area contributed by atoms with Gasteiger partial charge in [-0.2, -0.15) is 5.10 Å². The van der Waals surface area contributed by atoms with Gasteiger partial charge in [-0.15, -0.1) is 0 Å². The van der Waals surface area contributed by atoms with Gasteiger partial charge in [0, 0.05) is 16.6 Å². The first-order chi connectivity index (χ1) is 14.5. The van der Waals surface area contributed by atoms with Crippen LogP contribution in [0.15, 0.2) is 84.0 Å². The number of halogens is 2. The molecular weight excluding hydrogens is 417 g/mol. The number of benzene rings is 3. The van der Waals surface area contributed by atoms with E-state index in [0.29, 0.717) is 23.1 Å². The highest BCUT2D eigenvalue weighted by Crippen LogP contribution is 2.33. The highest BCUT2D eigenvalue weighted by molar-refractivity contribution is 6.30. The summed E-state index contributed by atoms with van der Waals surface area (Å²) in [5.74, 6) is -0.0424. The van der Waals surface area contributed by atoms with Gasteiger partial charge in [0.1, 0.15) is 6.17 Å². The molecule has 6 heteroatoms. The van der Waals surface area contributed by atoms with Gasteiger partial charge in [0.15, 0.2) is 0 Å². The summed E-state index contributed by atoms with van der Waals surface area (Å²) in [5.41, 5.74) is 3.78. The Balaban J connectivity index is 1.69. The minimum Gasteiger partial charge on any atom is -0.271 e. The highest BCUT2D eigenvalue weighted by Gasteiger charge is 2.39. The fraction of sp³-hybridized carbons (Fsp3) is 0.167. The lowest BCUT2D eigenvalue weighted by molar-refractivity contribution is -0.128. The molecule has 3 aromatic carbocycles. The number of carbonyl (C=O) groups excluding carboxylic acids is 1. The van der Waals surface area contributed by atoms with E-state index in [4.69, 9.17) is 28.3 Å². The molecule has 1 fully saturated rings. The lowest BCUT2D eigenvalue weighted by Gasteiger charge is -2.28. The molecular formula is C24H21Cl2N3O. The molecule has 0 spiro atoms. The van der Waals surface area contributed by atoms with Gasteiger partial charge < -0.3 is 0 Å². The predicted octanol–water partition coefficient (Wildman–Crippen LogP) is 5.76. The summed E-state index contributed by atoms with van der Waals surface area (Å²) < 4.78 is 0. The van der Waals surface area contributed by atoms with Gasteiger partial charge in [-0.1, -0.05) is 77.8 Å². The van der Waals surface area contributed by atoms with E-state index in [1.54, 1.807) is 5.01 Å². The van der Waals surface area contributed by atoms with Crippen molar-refractivity contribution in [3.05, 3.63) is 106 Å². The average Bonchev–Trinajstić information content (AvgIpc) is 3.04. The Morgan fingerprint density at radius 1 is 0.933 bits per heavy atom. The second kappa shape index (κ2) is 9.00. The number of carbonyl (C=O) groups is 1. The van der Waals surface area contributed by atoms with Crippen molar-refractivity contribution in [2.45, 2.75) is 19.6 Å². The van der Waals surface area contributed by atoms with Crippen molar-refractivity contribution in [1.29, 1.82) is 0 Å². The molecule has 152 valence electrons. The Kier molecular flexibility index (Phi) is 6.18. The number of rotatable bonds is 5. The van der Waals surface area contributed by atoms with Gasteiger partial charge in [-0.25, -0.2) is 5.01 Å². The van der Waals surface area contributed by atoms with Gasteiger partial charge in [-0.3, -0.25) is 9.69 Å². The first kappa shape index (κ1) is 20.6. The minimum atomic E-state index is -0.308. The van der Waals surface area contributed by atoms with E-state index in [1.165, 1.54) is 0 Å². The molecule has 0 aliphatic carbocycles. The highest BCUT2D eigenvalue weighted by atomic mass is 35.5. The smallest absolute Gasteiger partial charge is 0.258 e. The van der Waals surface area contributed by atoms with Crippen molar-refractivity contribution >= 4 is 34.8 Å². The summed E-state index contributed by atoms with van der Waals surface area (Å²) in [6.07, 6.45) is -0.308. The quantitative estimate of drug-likeness (QED) is 0.475. The molecule has 0 bridgehead atoms. The van der Waals surface area contributed by atoms with Crippen LogP contribution in [0.1, 0.15) is 29.8 Å². The zero-order valence-corrected chi connectivity index (χ0v) is 18.0. The Morgan fingerprint density at radius 2 is 1.53 bits per heavy atom. The topological polar surface area (TPSA) is 35.9 Å². The van der Waals surface area contributed by atoms with Crippen LogP contribution in [0.5, 0.6) is 0 Å². The summed E-state index contributed by atoms with van der Waals surface area (Å²) >= 11 is 12.1. The molecule has 0 aromatic heterocycles. The molecule has 30 heavy (non-hydrogen) atoms. The van der Waals surface area contributed by atoms with Crippen LogP contribution in [0.3, 0.4) is 0 Å². The fourth-order valence-electron chi connectivity index (χ4n) is 3.59. The maximum Gasteiger partial charge on any atom is 0.258 e. The van der Waals surface area contributed by atoms with Gasteiger partial charge in [0.2, 0.25) is 0 Å². The largest absolute Gasteiger partial charge is 0.271 e. The molecule has 1 saturated heterocycles. The van der Waals surface area contributed by atoms with Crippen molar-refractivity contribution in [2.75, 3.05) is 6.54 Å². The van der Waals surface area contributed by atoms with E-state index in [2.05, 4.69) is 17.0 Å². The summed E-state index contributed by atoms with van der Waals surface area (Å²) in [6.45, 7) is 2.83. The molecule has 0 N–H and O–H groups in total. The lowest BCUT2D eigenvalue weighted by atomic mass is 10.1. The number of amides is 1. The Hall–Kier alpha value is -2.66. The van der Waals surface area contributed by atoms with E-state index < -0.39 is 0 Å². The standard InChI is InChI=1S/C24H21Cl2N3O/c1-17(19-7-11-21(25)12-8-19)27-29-23(30)16-28(15-18-5-3-2-4-6-18)24(29)20-9-13-22(26)14-10-20/h2-14,24H,15-16H2,1H3/b27-17-/t24-/m0/s1. The van der Waals surface area contributed by atoms with Gasteiger partial charge in [0.25, 0.3) is 5.91 Å². The predicted molar refractivity (Wildman–Crippen MR) is 122 cm³/mol. The second-order valence-electron chi connectivity index (χ2n) is 7.25. The van der Waals surface area contributed by atoms with Crippen LogP contribution in [-0.4, -0.2) is 28.1 Å². The van der Waals surface area contributed by atoms with E-state index >= 15 is 0 Å². The molecule has 1 amide bonds. The van der Waals surface area contributed by atoms with Crippen LogP contribution in [0, 0.1) is 0 Å². The third-order valence-corrected chi connectivity index (χ3v) is 5.59. The van der Waals surface area contributed by atoms with Crippen molar-refractivity contribution in [3.8, 4) is 0 Å². The first-order valence-corrected chi connectivity index (χ1v) is 10.4. The van der Waals surface area contributed by atoms with E-state index in [0.717, 1.165) is 22.4 Å². The third-order valence-electron chi connectivity index (χ3n) is 5.09. The number of hydrazone groups is 1. The van der Waals surface area contributed by atoms with Crippen LogP contribution in [-0.2, 0) is 11.3 Å². The molecule has 4 nitrogen and oxygen atoms in total. The van der Waals surface area contributed by atoms with E-state index in [1.807, 2.05) is 73.7 Å². The normalized spacial score (nSPS) is 17.6. The van der Waals surface area contributed by atoms with Gasteiger partial charge in [-0.05, 0) is 47.9 Å². The van der Waals surface area contributed by atoms with Crippen LogP contribution < -0.4 is 0 Å². The van der Waals surface area contributed by atoms with Crippen LogP contribution in [0.25, 0.3) is 0 Å². The molecule has 3 aromatic rings. The molecule has 1 aliphatic heterocycles. The van der Waals surface area contributed by atoms with E-state index in [9.17, 15) is 4.79 Å². The van der Waals surface area contributed by atoms with Crippen LogP contribution >= 0.6 is 23.2 Å². The Labute approximate surface area is 186 Å². The maximum atomic E-state index is 13.0.